The van der Waals surface area contributed by atoms with Gasteiger partial charge in [-0.05, 0) is 0 Å². The second-order valence-electron chi connectivity index (χ2n) is 0. The molecule has 0 rings (SSSR count). The predicted molar refractivity (Wildman–Crippen MR) is 261 cm³/mol. The second-order valence-corrected chi connectivity index (χ2v) is 0. The summed E-state index contributed by atoms with van der Waals surface area (Å²) in [7, 11) is 0. The molecule has 1 radical (unpaired) electrons. The minimum Gasteiger partial charge on any atom is -0.344 e. The largest absolute Gasteiger partial charge is 0.344 e. The van der Waals surface area contributed by atoms with Crippen molar-refractivity contribution in [3.05, 3.63) is 0 Å². The molecule has 0 fully saturated rings. The summed E-state index contributed by atoms with van der Waals surface area (Å²) >= 11 is 0. The molecule has 0 spiro atoms. The van der Waals surface area contributed by atoms with Crippen LogP contribution in [0, 0.1) is 0 Å². The van der Waals surface area contributed by atoms with Crippen LogP contribution in [0.1, 0.15) is 244 Å². The van der Waals surface area contributed by atoms with E-state index in [1.54, 1.807) is 0 Å². The zero-order valence-corrected chi connectivity index (χ0v) is 13.9. The van der Waals surface area contributed by atoms with Gasteiger partial charge in [0.25, 0.3) is 0 Å². The quantitative estimate of drug-likeness (QED) is 0.243. The van der Waals surface area contributed by atoms with Crippen LogP contribution >= 0.6 is 51.0 Å². The molecule has 38 heavy (non-hydrogen) atoms. The average molecular weight is 830 g/mol. The van der Waals surface area contributed by atoms with E-state index in [2.05, 4.69) is 0 Å². The van der Waals surface area contributed by atoms with E-state index in [0.717, 1.165) is 0 Å². The monoisotopic (exact) mass is 830 g/mol. The Labute approximate surface area is 331 Å². The number of rotatable bonds is 0. The van der Waals surface area contributed by atoms with Crippen LogP contribution in [0.4, 0.5) is 0 Å². The SMILES string of the molecule is C.C.C.C.C.C.C.C.C.C.C.C.C.C.C.C.C.C.C.C.C.C.C.C.C.C.C.C.C.CC.CC.I.N.S.S.[2HH].[Y]. The summed E-state index contributed by atoms with van der Waals surface area (Å²) in [5.41, 5.74) is 0. The molecule has 297 valence electrons. The molecule has 0 aliphatic rings. The molecule has 3 N–H and O–H groups in total. The van der Waals surface area contributed by atoms with E-state index in [9.17, 15) is 0 Å². The Morgan fingerprint density at radius 1 is 0.211 bits per heavy atom. The fourth-order valence-corrected chi connectivity index (χ4v) is 0. The molecule has 0 heterocycles. The molecule has 0 aliphatic heterocycles. The maximum atomic E-state index is 2.00. The van der Waals surface area contributed by atoms with E-state index in [4.69, 9.17) is 0 Å². The van der Waals surface area contributed by atoms with Crippen LogP contribution in [0.3, 0.4) is 0 Å². The Bertz CT molecular complexity index is 37.7. The first-order valence-electron chi connectivity index (χ1n) is 2.00. The molecule has 0 aromatic heterocycles. The van der Waals surface area contributed by atoms with Gasteiger partial charge in [0.05, 0.1) is 0 Å². The Hall–Kier alpha value is 2.49. The van der Waals surface area contributed by atoms with Crippen molar-refractivity contribution in [2.75, 3.05) is 0 Å². The first-order chi connectivity index (χ1) is 2.00. The zero-order valence-electron chi connectivity index (χ0n) is 6.69. The van der Waals surface area contributed by atoms with Gasteiger partial charge in [-0.15, -0.1) is 24.0 Å². The van der Waals surface area contributed by atoms with Crippen molar-refractivity contribution in [1.29, 1.82) is 0 Å². The molecule has 0 aromatic rings. The van der Waals surface area contributed by atoms with Gasteiger partial charge in [-0.25, -0.2) is 0 Å². The summed E-state index contributed by atoms with van der Waals surface area (Å²) in [4.78, 5) is 0. The molecule has 0 atom stereocenters. The van der Waals surface area contributed by atoms with Gasteiger partial charge in [-0.3, -0.25) is 0 Å². The fourth-order valence-electron chi connectivity index (χ4n) is 0. The Morgan fingerprint density at radius 2 is 0.211 bits per heavy atom. The first-order valence-corrected chi connectivity index (χ1v) is 2.00. The van der Waals surface area contributed by atoms with Gasteiger partial charge < -0.3 is 6.15 Å². The van der Waals surface area contributed by atoms with Crippen molar-refractivity contribution in [3.63, 3.8) is 0 Å². The van der Waals surface area contributed by atoms with Crippen molar-refractivity contribution >= 4 is 51.0 Å². The molecular weight excluding hydrogens is 690 g/mol. The molecular formula is C33H138INS2Y. The maximum absolute atomic E-state index is 2.00. The fraction of sp³-hybridized carbons (Fsp3) is 1.00. The summed E-state index contributed by atoms with van der Waals surface area (Å²) in [5, 5.41) is 0. The van der Waals surface area contributed by atoms with Crippen LogP contribution in [0.15, 0.2) is 0 Å². The second kappa shape index (κ2) is 9410. The Kier molecular flexibility index (Phi) is 774000. The van der Waals surface area contributed by atoms with Crippen molar-refractivity contribution in [2.45, 2.75) is 243 Å². The van der Waals surface area contributed by atoms with Crippen molar-refractivity contribution in [2.24, 2.45) is 0 Å². The van der Waals surface area contributed by atoms with Crippen LogP contribution < -0.4 is 6.15 Å². The Morgan fingerprint density at radius 3 is 0.211 bits per heavy atom. The molecule has 0 saturated heterocycles. The first kappa shape index (κ1) is 3130. The van der Waals surface area contributed by atoms with E-state index < -0.39 is 0 Å². The van der Waals surface area contributed by atoms with Crippen LogP contribution in [-0.2, 0) is 32.7 Å². The standard InChI is InChI=1S/2C2H6.29CH4.HI.H3N.2H2S.Y.H2/c2*1-2;;;;;;;;;;;;;;;;;;;;;;;;;;;;;;;;;;;/h2*1-2H3;29*1H4;1H;1H3;2*1H2;;1H/i;;;;;;;;;;;;;;;;;;;;;;;;;;;;;;;;;;;;1+1. The third-order valence-corrected chi connectivity index (χ3v) is 0. The Balaban J connectivity index is -0.0000000000309. The molecule has 0 amide bonds. The molecule has 0 saturated carbocycles. The van der Waals surface area contributed by atoms with Gasteiger partial charge in [0.15, 0.2) is 0 Å². The van der Waals surface area contributed by atoms with Gasteiger partial charge in [0.2, 0.25) is 0 Å². The normalized spacial score (nSPS) is 0.316. The minimum absolute atomic E-state index is 0. The molecule has 0 aromatic carbocycles. The third kappa shape index (κ3) is 8700. The van der Waals surface area contributed by atoms with Gasteiger partial charge in [0, 0.05) is 34.1 Å². The van der Waals surface area contributed by atoms with Crippen molar-refractivity contribution < 1.29 is 34.1 Å². The van der Waals surface area contributed by atoms with Crippen LogP contribution in [0.25, 0.3) is 0 Å². The molecule has 0 aliphatic carbocycles. The maximum Gasteiger partial charge on any atom is 0 e. The summed E-state index contributed by atoms with van der Waals surface area (Å²) < 4.78 is 0. The zero-order chi connectivity index (χ0) is 4.00. The predicted octanol–water partition coefficient (Wildman–Crippen LogP) is 21.7. The van der Waals surface area contributed by atoms with E-state index in [0.29, 0.717) is 0 Å². The van der Waals surface area contributed by atoms with Gasteiger partial charge >= 0.3 is 0 Å². The van der Waals surface area contributed by atoms with Gasteiger partial charge in [-0.2, -0.15) is 27.0 Å². The van der Waals surface area contributed by atoms with E-state index in [1.807, 2.05) is 27.7 Å². The van der Waals surface area contributed by atoms with Crippen LogP contribution in [0.2, 0.25) is 0 Å². The topological polar surface area (TPSA) is 35.0 Å². The van der Waals surface area contributed by atoms with Crippen molar-refractivity contribution in [3.8, 4) is 0 Å². The van der Waals surface area contributed by atoms with Crippen molar-refractivity contribution in [1.82, 2.24) is 6.15 Å². The number of hydrogen-bond acceptors (Lipinski definition) is 1. The van der Waals surface area contributed by atoms with Gasteiger partial charge in [-0.1, -0.05) is 243 Å². The third-order valence-electron chi connectivity index (χ3n) is 0. The minimum atomic E-state index is 0. The number of halogens is 1. The van der Waals surface area contributed by atoms with Gasteiger partial charge in [0.1, 0.15) is 0 Å². The summed E-state index contributed by atoms with van der Waals surface area (Å²) in [5.74, 6) is 0. The summed E-state index contributed by atoms with van der Waals surface area (Å²) in [6.07, 6.45) is 0. The van der Waals surface area contributed by atoms with Crippen LogP contribution in [-0.4, -0.2) is 0 Å². The van der Waals surface area contributed by atoms with E-state index >= 15 is 0 Å². The molecule has 1 nitrogen and oxygen atoms in total. The van der Waals surface area contributed by atoms with Crippen LogP contribution in [0.5, 0.6) is 0 Å². The van der Waals surface area contributed by atoms with E-state index in [1.165, 1.54) is 0 Å². The molecule has 0 bridgehead atoms. The summed E-state index contributed by atoms with van der Waals surface area (Å²) in [6, 6.07) is 0. The molecule has 0 unspecified atom stereocenters. The average Bonchev–Trinajstić information content (AvgIpc) is 1.50. The number of hydrogen-bond donors (Lipinski definition) is 1. The summed E-state index contributed by atoms with van der Waals surface area (Å²) in [6.45, 7) is 8.00. The smallest absolute Gasteiger partial charge is 0 e. The van der Waals surface area contributed by atoms with E-state index in [-0.39, 0.29) is 307 Å². The molecule has 5 heteroatoms.